The summed E-state index contributed by atoms with van der Waals surface area (Å²) in [5.41, 5.74) is 0.587. The van der Waals surface area contributed by atoms with E-state index in [1.807, 2.05) is 6.92 Å². The number of hydrogen-bond acceptors (Lipinski definition) is 6. The lowest BCUT2D eigenvalue weighted by Gasteiger charge is -2.19. The van der Waals surface area contributed by atoms with Gasteiger partial charge in [0.05, 0.1) is 11.1 Å². The molecule has 0 unspecified atom stereocenters. The molecule has 3 rings (SSSR count). The van der Waals surface area contributed by atoms with Gasteiger partial charge in [-0.15, -0.1) is 0 Å². The van der Waals surface area contributed by atoms with Crippen LogP contribution in [-0.4, -0.2) is 42.4 Å². The summed E-state index contributed by atoms with van der Waals surface area (Å²) in [5, 5.41) is 3.02. The zero-order valence-electron chi connectivity index (χ0n) is 13.8. The molecule has 1 saturated heterocycles. The second-order valence-electron chi connectivity index (χ2n) is 5.56. The van der Waals surface area contributed by atoms with E-state index >= 15 is 0 Å². The molecule has 2 heterocycles. The zero-order chi connectivity index (χ0) is 17.9. The van der Waals surface area contributed by atoms with Gasteiger partial charge in [-0.3, -0.25) is 0 Å². The Morgan fingerprint density at radius 3 is 2.56 bits per heavy atom. The minimum Gasteiger partial charge on any atom is -0.492 e. The van der Waals surface area contributed by atoms with Crippen LogP contribution in [0.1, 0.15) is 19.8 Å². The van der Waals surface area contributed by atoms with E-state index in [0.29, 0.717) is 37.1 Å². The molecule has 0 radical (unpaired) electrons. The van der Waals surface area contributed by atoms with Crippen LogP contribution < -0.4 is 10.1 Å². The lowest BCUT2D eigenvalue weighted by molar-refractivity contribution is 0.330. The third-order valence-electron chi connectivity index (χ3n) is 3.80. The summed E-state index contributed by atoms with van der Waals surface area (Å²) in [4.78, 5) is 8.45. The van der Waals surface area contributed by atoms with E-state index in [1.165, 1.54) is 4.31 Å². The number of nitrogens with one attached hydrogen (secondary N) is 1. The first kappa shape index (κ1) is 18.1. The van der Waals surface area contributed by atoms with Crippen molar-refractivity contribution in [3.63, 3.8) is 0 Å². The Balaban J connectivity index is 1.95. The third-order valence-corrected chi connectivity index (χ3v) is 6.13. The van der Waals surface area contributed by atoms with Gasteiger partial charge in [-0.05, 0) is 53.9 Å². The van der Waals surface area contributed by atoms with Crippen molar-refractivity contribution < 1.29 is 13.2 Å². The average molecular weight is 427 g/mol. The van der Waals surface area contributed by atoms with Crippen molar-refractivity contribution in [2.45, 2.75) is 24.7 Å². The predicted octanol–water partition coefficient (Wildman–Crippen LogP) is 3.17. The summed E-state index contributed by atoms with van der Waals surface area (Å²) in [7, 11) is -3.59. The van der Waals surface area contributed by atoms with Gasteiger partial charge < -0.3 is 10.1 Å². The van der Waals surface area contributed by atoms with Crippen molar-refractivity contribution in [3.8, 4) is 5.75 Å². The highest BCUT2D eigenvalue weighted by Gasteiger charge is 2.30. The van der Waals surface area contributed by atoms with Crippen molar-refractivity contribution in [1.29, 1.82) is 0 Å². The van der Waals surface area contributed by atoms with Crippen LogP contribution in [0.3, 0.4) is 0 Å². The summed E-state index contributed by atoms with van der Waals surface area (Å²) < 4.78 is 33.7. The molecule has 0 bridgehead atoms. The van der Waals surface area contributed by atoms with Crippen LogP contribution in [0.25, 0.3) is 0 Å². The maximum absolute atomic E-state index is 13.0. The van der Waals surface area contributed by atoms with E-state index in [0.717, 1.165) is 17.3 Å². The normalized spacial score (nSPS) is 15.3. The fourth-order valence-electron chi connectivity index (χ4n) is 2.64. The van der Waals surface area contributed by atoms with Gasteiger partial charge >= 0.3 is 0 Å². The highest BCUT2D eigenvalue weighted by atomic mass is 79.9. The summed E-state index contributed by atoms with van der Waals surface area (Å²) >= 11 is 3.28. The van der Waals surface area contributed by atoms with Crippen LogP contribution in [-0.2, 0) is 10.0 Å². The first-order valence-corrected chi connectivity index (χ1v) is 10.3. The molecule has 9 heteroatoms. The van der Waals surface area contributed by atoms with Gasteiger partial charge in [0.25, 0.3) is 0 Å². The van der Waals surface area contributed by atoms with Crippen LogP contribution in [0.5, 0.6) is 5.75 Å². The number of halogens is 1. The number of hydrogen-bond donors (Lipinski definition) is 1. The van der Waals surface area contributed by atoms with E-state index < -0.39 is 10.0 Å². The smallest absolute Gasteiger partial charge is 0.246 e. The minimum absolute atomic E-state index is 0.165. The second kappa shape index (κ2) is 7.67. The molecule has 1 aromatic carbocycles. The molecule has 0 amide bonds. The number of nitrogens with zero attached hydrogens (tertiary/aromatic N) is 3. The number of benzene rings is 1. The van der Waals surface area contributed by atoms with Gasteiger partial charge in [0, 0.05) is 31.2 Å². The van der Waals surface area contributed by atoms with Crippen LogP contribution in [0.2, 0.25) is 0 Å². The third kappa shape index (κ3) is 4.10. The summed E-state index contributed by atoms with van der Waals surface area (Å²) in [6, 6.07) is 4.98. The first-order chi connectivity index (χ1) is 12.0. The lowest BCUT2D eigenvalue weighted by atomic mass is 10.3. The molecular weight excluding hydrogens is 408 g/mol. The Morgan fingerprint density at radius 2 is 1.92 bits per heavy atom. The molecule has 1 N–H and O–H groups in total. The quantitative estimate of drug-likeness (QED) is 0.763. The van der Waals surface area contributed by atoms with Gasteiger partial charge in [0.1, 0.15) is 10.6 Å². The molecule has 1 fully saturated rings. The van der Waals surface area contributed by atoms with Crippen molar-refractivity contribution in [3.05, 3.63) is 35.1 Å². The molecular formula is C16H19BrN4O3S. The molecule has 0 aliphatic carbocycles. The number of aromatic nitrogens is 2. The van der Waals surface area contributed by atoms with E-state index in [2.05, 4.69) is 31.2 Å². The van der Waals surface area contributed by atoms with Crippen molar-refractivity contribution in [2.75, 3.05) is 25.0 Å². The molecule has 1 aliphatic heterocycles. The fraction of sp³-hybridized carbons (Fsp3) is 0.375. The van der Waals surface area contributed by atoms with Gasteiger partial charge in [-0.25, -0.2) is 18.4 Å². The lowest BCUT2D eigenvalue weighted by Crippen LogP contribution is -2.28. The number of ether oxygens (including phenoxy) is 1. The van der Waals surface area contributed by atoms with E-state index in [-0.39, 0.29) is 4.90 Å². The molecule has 2 aromatic rings. The largest absolute Gasteiger partial charge is 0.492 e. The molecule has 0 atom stereocenters. The minimum atomic E-state index is -3.59. The Labute approximate surface area is 155 Å². The number of sulfonamides is 1. The van der Waals surface area contributed by atoms with E-state index in [9.17, 15) is 8.42 Å². The van der Waals surface area contributed by atoms with Gasteiger partial charge in [-0.2, -0.15) is 4.31 Å². The van der Waals surface area contributed by atoms with Crippen molar-refractivity contribution >= 4 is 37.6 Å². The van der Waals surface area contributed by atoms with Crippen molar-refractivity contribution in [1.82, 2.24) is 14.3 Å². The van der Waals surface area contributed by atoms with Gasteiger partial charge in [0.15, 0.2) is 0 Å². The van der Waals surface area contributed by atoms with Crippen LogP contribution >= 0.6 is 15.9 Å². The Bertz CT molecular complexity index is 837. The summed E-state index contributed by atoms with van der Waals surface area (Å²) in [6.07, 6.45) is 5.00. The topological polar surface area (TPSA) is 84.4 Å². The van der Waals surface area contributed by atoms with Crippen LogP contribution in [0, 0.1) is 0 Å². The molecule has 0 saturated carbocycles. The summed E-state index contributed by atoms with van der Waals surface area (Å²) in [6.45, 7) is 3.31. The number of rotatable bonds is 6. The van der Waals surface area contributed by atoms with Gasteiger partial charge in [-0.1, -0.05) is 0 Å². The monoisotopic (exact) mass is 426 g/mol. The highest BCUT2D eigenvalue weighted by Crippen LogP contribution is 2.32. The van der Waals surface area contributed by atoms with Crippen LogP contribution in [0.4, 0.5) is 11.6 Å². The maximum Gasteiger partial charge on any atom is 0.246 e. The fourth-order valence-corrected chi connectivity index (χ4v) is 4.51. The Kier molecular flexibility index (Phi) is 5.55. The molecule has 1 aliphatic rings. The average Bonchev–Trinajstić information content (AvgIpc) is 3.14. The van der Waals surface area contributed by atoms with Gasteiger partial charge in [0.2, 0.25) is 16.0 Å². The zero-order valence-corrected chi connectivity index (χ0v) is 16.2. The first-order valence-electron chi connectivity index (χ1n) is 8.02. The standard InChI is InChI=1S/C16H19BrN4O3S/c1-2-24-14-6-5-13(20-16-18-10-12(17)11-19-16)9-15(14)25(22,23)21-7-3-4-8-21/h5-6,9-11H,2-4,7-8H2,1H3,(H,18,19,20). The SMILES string of the molecule is CCOc1ccc(Nc2ncc(Br)cn2)cc1S(=O)(=O)N1CCCC1. The molecule has 25 heavy (non-hydrogen) atoms. The molecule has 0 spiro atoms. The number of anilines is 2. The molecule has 7 nitrogen and oxygen atoms in total. The van der Waals surface area contributed by atoms with Crippen LogP contribution in [0.15, 0.2) is 40.0 Å². The Morgan fingerprint density at radius 1 is 1.24 bits per heavy atom. The predicted molar refractivity (Wildman–Crippen MR) is 98.6 cm³/mol. The van der Waals surface area contributed by atoms with E-state index in [1.54, 1.807) is 30.6 Å². The highest BCUT2D eigenvalue weighted by molar-refractivity contribution is 9.10. The summed E-state index contributed by atoms with van der Waals surface area (Å²) in [5.74, 6) is 0.744. The maximum atomic E-state index is 13.0. The molecule has 1 aromatic heterocycles. The van der Waals surface area contributed by atoms with E-state index in [4.69, 9.17) is 4.74 Å². The second-order valence-corrected chi connectivity index (χ2v) is 8.38. The molecule has 134 valence electrons. The van der Waals surface area contributed by atoms with Crippen molar-refractivity contribution in [2.24, 2.45) is 0 Å². The Hall–Kier alpha value is -1.71.